The zero-order valence-electron chi connectivity index (χ0n) is 15.9. The van der Waals surface area contributed by atoms with Crippen molar-refractivity contribution in [2.75, 3.05) is 6.61 Å². The fourth-order valence-corrected chi connectivity index (χ4v) is 2.47. The summed E-state index contributed by atoms with van der Waals surface area (Å²) < 4.78 is 5.62. The minimum atomic E-state index is -0.339. The summed E-state index contributed by atoms with van der Waals surface area (Å²) in [6, 6.07) is 16.4. The van der Waals surface area contributed by atoms with Gasteiger partial charge in [0.25, 0.3) is 5.91 Å². The van der Waals surface area contributed by atoms with Gasteiger partial charge in [-0.3, -0.25) is 25.8 Å². The number of hydrogen-bond acceptors (Lipinski definition) is 4. The van der Waals surface area contributed by atoms with Crippen molar-refractivity contribution in [2.24, 2.45) is 0 Å². The van der Waals surface area contributed by atoms with Crippen molar-refractivity contribution in [2.45, 2.75) is 32.6 Å². The molecule has 0 aliphatic rings. The van der Waals surface area contributed by atoms with Crippen LogP contribution in [0.25, 0.3) is 0 Å². The second-order valence-electron chi connectivity index (χ2n) is 6.17. The summed E-state index contributed by atoms with van der Waals surface area (Å²) in [5.74, 6) is 0.274. The van der Waals surface area contributed by atoms with E-state index < -0.39 is 0 Å². The normalized spacial score (nSPS) is 10.0. The molecule has 28 heavy (non-hydrogen) atoms. The van der Waals surface area contributed by atoms with Crippen LogP contribution in [0, 0.1) is 0 Å². The molecule has 2 amide bonds. The predicted octanol–water partition coefficient (Wildman–Crippen LogP) is 3.13. The Morgan fingerprint density at radius 1 is 1.00 bits per heavy atom. The van der Waals surface area contributed by atoms with Gasteiger partial charge < -0.3 is 4.74 Å². The largest absolute Gasteiger partial charge is 0.494 e. The first-order valence-electron chi connectivity index (χ1n) is 9.25. The molecule has 0 aliphatic carbocycles. The lowest BCUT2D eigenvalue weighted by molar-refractivity contribution is -0.121. The monoisotopic (exact) mass is 399 g/mol. The third-order valence-electron chi connectivity index (χ3n) is 3.91. The highest BCUT2D eigenvalue weighted by atomic mass is 32.1. The van der Waals surface area contributed by atoms with Crippen molar-refractivity contribution >= 4 is 29.1 Å². The highest BCUT2D eigenvalue weighted by Gasteiger charge is 2.08. The van der Waals surface area contributed by atoms with Crippen molar-refractivity contribution < 1.29 is 14.3 Å². The Kier molecular flexibility index (Phi) is 8.94. The first-order valence-corrected chi connectivity index (χ1v) is 9.66. The average molecular weight is 400 g/mol. The zero-order valence-corrected chi connectivity index (χ0v) is 16.7. The second-order valence-corrected chi connectivity index (χ2v) is 6.58. The Morgan fingerprint density at radius 3 is 2.39 bits per heavy atom. The zero-order chi connectivity index (χ0) is 20.2. The Labute approximate surface area is 170 Å². The van der Waals surface area contributed by atoms with Gasteiger partial charge in [-0.15, -0.1) is 0 Å². The van der Waals surface area contributed by atoms with Crippen molar-refractivity contribution in [3.63, 3.8) is 0 Å². The van der Waals surface area contributed by atoms with Crippen LogP contribution < -0.4 is 20.9 Å². The highest BCUT2D eigenvalue weighted by molar-refractivity contribution is 7.80. The predicted molar refractivity (Wildman–Crippen MR) is 113 cm³/mol. The molecule has 148 valence electrons. The van der Waals surface area contributed by atoms with E-state index in [1.807, 2.05) is 30.3 Å². The average Bonchev–Trinajstić information content (AvgIpc) is 2.72. The van der Waals surface area contributed by atoms with Crippen molar-refractivity contribution in [3.8, 4) is 5.75 Å². The first kappa shape index (κ1) is 21.4. The molecule has 0 fully saturated rings. The van der Waals surface area contributed by atoms with E-state index in [1.165, 1.54) is 0 Å². The van der Waals surface area contributed by atoms with E-state index in [4.69, 9.17) is 17.0 Å². The SMILES string of the molecule is CCCCOc1ccc(CCC(=O)NNC(=S)NC(=O)c2ccccc2)cc1. The van der Waals surface area contributed by atoms with Gasteiger partial charge >= 0.3 is 0 Å². The Balaban J connectivity index is 1.66. The Morgan fingerprint density at radius 2 is 1.71 bits per heavy atom. The molecule has 0 aromatic heterocycles. The molecule has 2 rings (SSSR count). The maximum atomic E-state index is 12.0. The number of rotatable bonds is 8. The molecule has 7 heteroatoms. The van der Waals surface area contributed by atoms with Crippen molar-refractivity contribution in [3.05, 3.63) is 65.7 Å². The number of carbonyl (C=O) groups excluding carboxylic acids is 2. The lowest BCUT2D eigenvalue weighted by Crippen LogP contribution is -2.48. The van der Waals surface area contributed by atoms with E-state index in [9.17, 15) is 9.59 Å². The second kappa shape index (κ2) is 11.7. The molecule has 2 aromatic rings. The van der Waals surface area contributed by atoms with E-state index >= 15 is 0 Å². The minimum absolute atomic E-state index is 0.0378. The molecule has 0 saturated heterocycles. The van der Waals surface area contributed by atoms with Gasteiger partial charge in [-0.05, 0) is 54.9 Å². The van der Waals surface area contributed by atoms with Gasteiger partial charge in [0.2, 0.25) is 5.91 Å². The number of aryl methyl sites for hydroxylation is 1. The van der Waals surface area contributed by atoms with Gasteiger partial charge in [-0.2, -0.15) is 0 Å². The van der Waals surface area contributed by atoms with E-state index in [2.05, 4.69) is 23.1 Å². The number of carbonyl (C=O) groups is 2. The molecular weight excluding hydrogens is 374 g/mol. The number of thiocarbonyl (C=S) groups is 1. The van der Waals surface area contributed by atoms with Gasteiger partial charge in [-0.25, -0.2) is 0 Å². The smallest absolute Gasteiger partial charge is 0.257 e. The molecule has 3 N–H and O–H groups in total. The van der Waals surface area contributed by atoms with Crippen LogP contribution in [0.4, 0.5) is 0 Å². The van der Waals surface area contributed by atoms with Crippen LogP contribution in [-0.2, 0) is 11.2 Å². The molecular formula is C21H25N3O3S. The van der Waals surface area contributed by atoms with Crippen LogP contribution in [0.15, 0.2) is 54.6 Å². The third kappa shape index (κ3) is 7.75. The van der Waals surface area contributed by atoms with Crippen LogP contribution in [0.1, 0.15) is 42.1 Å². The molecule has 2 aromatic carbocycles. The summed E-state index contributed by atoms with van der Waals surface area (Å²) in [4.78, 5) is 23.9. The lowest BCUT2D eigenvalue weighted by Gasteiger charge is -2.11. The van der Waals surface area contributed by atoms with E-state index in [0.717, 1.165) is 24.2 Å². The maximum absolute atomic E-state index is 12.0. The number of nitrogens with one attached hydrogen (secondary N) is 3. The van der Waals surface area contributed by atoms with Crippen LogP contribution >= 0.6 is 12.2 Å². The summed E-state index contributed by atoms with van der Waals surface area (Å²) in [6.45, 7) is 2.83. The highest BCUT2D eigenvalue weighted by Crippen LogP contribution is 2.13. The summed E-state index contributed by atoms with van der Waals surface area (Å²) in [6.07, 6.45) is 3.01. The summed E-state index contributed by atoms with van der Waals surface area (Å²) in [5.41, 5.74) is 6.55. The Hall–Kier alpha value is -2.93. The van der Waals surface area contributed by atoms with Crippen LogP contribution in [0.5, 0.6) is 5.75 Å². The first-order chi connectivity index (χ1) is 13.6. The van der Waals surface area contributed by atoms with E-state index in [1.54, 1.807) is 24.3 Å². The molecule has 0 unspecified atom stereocenters. The van der Waals surface area contributed by atoms with E-state index in [-0.39, 0.29) is 23.3 Å². The summed E-state index contributed by atoms with van der Waals surface area (Å²) in [5, 5.41) is 2.54. The molecule has 0 spiro atoms. The quantitative estimate of drug-likeness (QED) is 0.361. The number of hydrogen-bond donors (Lipinski definition) is 3. The molecule has 0 atom stereocenters. The fraction of sp³-hybridized carbons (Fsp3) is 0.286. The summed E-state index contributed by atoms with van der Waals surface area (Å²) in [7, 11) is 0. The molecule has 6 nitrogen and oxygen atoms in total. The van der Waals surface area contributed by atoms with Crippen LogP contribution in [0.3, 0.4) is 0 Å². The van der Waals surface area contributed by atoms with Gasteiger partial charge in [0.1, 0.15) is 5.75 Å². The van der Waals surface area contributed by atoms with Crippen LogP contribution in [0.2, 0.25) is 0 Å². The number of ether oxygens (including phenoxy) is 1. The Bertz CT molecular complexity index is 779. The molecule has 0 bridgehead atoms. The van der Waals surface area contributed by atoms with Gasteiger partial charge in [-0.1, -0.05) is 43.7 Å². The standard InChI is InChI=1S/C21H25N3O3S/c1-2-3-15-27-18-12-9-16(10-13-18)11-14-19(25)23-24-21(28)22-20(26)17-7-5-4-6-8-17/h4-10,12-13H,2-3,11,14-15H2,1H3,(H,23,25)(H2,22,24,26,28). The van der Waals surface area contributed by atoms with Crippen molar-refractivity contribution in [1.29, 1.82) is 0 Å². The molecule has 0 aliphatic heterocycles. The maximum Gasteiger partial charge on any atom is 0.257 e. The molecule has 0 heterocycles. The third-order valence-corrected chi connectivity index (χ3v) is 4.11. The topological polar surface area (TPSA) is 79.5 Å². The van der Waals surface area contributed by atoms with E-state index in [0.29, 0.717) is 18.6 Å². The minimum Gasteiger partial charge on any atom is -0.494 e. The van der Waals surface area contributed by atoms with Gasteiger partial charge in [0.15, 0.2) is 5.11 Å². The number of hydrazine groups is 1. The lowest BCUT2D eigenvalue weighted by atomic mass is 10.1. The fourth-order valence-electron chi connectivity index (χ4n) is 2.33. The number of amides is 2. The number of benzene rings is 2. The van der Waals surface area contributed by atoms with Gasteiger partial charge in [0, 0.05) is 12.0 Å². The molecule has 0 radical (unpaired) electrons. The summed E-state index contributed by atoms with van der Waals surface area (Å²) >= 11 is 5.01. The van der Waals surface area contributed by atoms with Crippen LogP contribution in [-0.4, -0.2) is 23.5 Å². The van der Waals surface area contributed by atoms with Crippen molar-refractivity contribution in [1.82, 2.24) is 16.2 Å². The number of unbranched alkanes of at least 4 members (excludes halogenated alkanes) is 1. The van der Waals surface area contributed by atoms with Gasteiger partial charge in [0.05, 0.1) is 6.61 Å². The molecule has 0 saturated carbocycles.